The van der Waals surface area contributed by atoms with Gasteiger partial charge in [0.1, 0.15) is 18.5 Å². The summed E-state index contributed by atoms with van der Waals surface area (Å²) in [5.74, 6) is 0.168. The summed E-state index contributed by atoms with van der Waals surface area (Å²) in [4.78, 5) is 16.7. The molecule has 2 aromatic heterocycles. The highest BCUT2D eigenvalue weighted by molar-refractivity contribution is 7.99. The van der Waals surface area contributed by atoms with E-state index < -0.39 is 0 Å². The lowest BCUT2D eigenvalue weighted by Gasteiger charge is -2.13. The van der Waals surface area contributed by atoms with Gasteiger partial charge in [-0.1, -0.05) is 49.3 Å². The van der Waals surface area contributed by atoms with Crippen molar-refractivity contribution in [2.45, 2.75) is 25.5 Å². The van der Waals surface area contributed by atoms with Crippen LogP contribution >= 0.6 is 23.4 Å². The lowest BCUT2D eigenvalue weighted by Crippen LogP contribution is -2.17. The first-order valence-corrected chi connectivity index (χ1v) is 11.5. The molecule has 0 atom stereocenters. The molecule has 1 N–H and O–H groups in total. The van der Waals surface area contributed by atoms with Crippen LogP contribution in [0.3, 0.4) is 0 Å². The van der Waals surface area contributed by atoms with Crippen molar-refractivity contribution in [2.24, 2.45) is 5.92 Å². The van der Waals surface area contributed by atoms with Crippen molar-refractivity contribution < 1.29 is 9.18 Å². The van der Waals surface area contributed by atoms with Gasteiger partial charge in [0.2, 0.25) is 5.91 Å². The Hall–Kier alpha value is -3.24. The first-order valence-electron chi connectivity index (χ1n) is 10.2. The number of anilines is 1. The maximum absolute atomic E-state index is 14.4. The maximum atomic E-state index is 14.4. The predicted octanol–water partition coefficient (Wildman–Crippen LogP) is 4.71. The fraction of sp³-hybridized carbons (Fsp3) is 0.227. The highest BCUT2D eigenvalue weighted by Gasteiger charge is 2.19. The van der Waals surface area contributed by atoms with Crippen LogP contribution in [-0.2, 0) is 11.3 Å². The van der Waals surface area contributed by atoms with E-state index in [1.165, 1.54) is 30.5 Å². The van der Waals surface area contributed by atoms with E-state index in [-0.39, 0.29) is 23.4 Å². The molecule has 2 heterocycles. The van der Waals surface area contributed by atoms with Crippen molar-refractivity contribution >= 4 is 35.0 Å². The Kier molecular flexibility index (Phi) is 7.05. The smallest absolute Gasteiger partial charge is 0.234 e. The zero-order chi connectivity index (χ0) is 23.4. The van der Waals surface area contributed by atoms with Crippen LogP contribution in [-0.4, -0.2) is 41.2 Å². The molecule has 0 spiro atoms. The number of carbonyl (C=O) groups is 1. The summed E-state index contributed by atoms with van der Waals surface area (Å²) in [5, 5.41) is 16.4. The Balaban J connectivity index is 1.53. The summed E-state index contributed by atoms with van der Waals surface area (Å²) < 4.78 is 17.8. The number of hydrogen-bond acceptors (Lipinski definition) is 6. The minimum Gasteiger partial charge on any atom is -0.323 e. The van der Waals surface area contributed by atoms with E-state index in [1.807, 2.05) is 4.57 Å². The minimum atomic E-state index is -0.370. The number of benzene rings is 2. The fourth-order valence-corrected chi connectivity index (χ4v) is 4.14. The first-order chi connectivity index (χ1) is 15.9. The van der Waals surface area contributed by atoms with Gasteiger partial charge in [-0.05, 0) is 36.2 Å². The van der Waals surface area contributed by atoms with Crippen LogP contribution in [0.15, 0.2) is 60.3 Å². The molecule has 1 amide bonds. The van der Waals surface area contributed by atoms with Crippen molar-refractivity contribution in [1.29, 1.82) is 0 Å². The topological polar surface area (TPSA) is 90.5 Å². The molecule has 4 aromatic rings. The molecule has 0 saturated carbocycles. The van der Waals surface area contributed by atoms with Gasteiger partial charge in [0.05, 0.1) is 22.7 Å². The van der Waals surface area contributed by atoms with E-state index in [1.54, 1.807) is 41.1 Å². The van der Waals surface area contributed by atoms with E-state index in [0.717, 1.165) is 0 Å². The van der Waals surface area contributed by atoms with Crippen LogP contribution in [0.25, 0.3) is 17.1 Å². The molecule has 2 aromatic carbocycles. The molecule has 0 radical (unpaired) electrons. The van der Waals surface area contributed by atoms with E-state index in [9.17, 15) is 9.18 Å². The van der Waals surface area contributed by atoms with Gasteiger partial charge in [0, 0.05) is 11.6 Å². The summed E-state index contributed by atoms with van der Waals surface area (Å²) in [6.45, 7) is 4.69. The lowest BCUT2D eigenvalue weighted by atomic mass is 10.2. The summed E-state index contributed by atoms with van der Waals surface area (Å²) in [7, 11) is 0. The third kappa shape index (κ3) is 5.40. The molecule has 4 rings (SSSR count). The van der Waals surface area contributed by atoms with Crippen molar-refractivity contribution in [3.63, 3.8) is 0 Å². The normalized spacial score (nSPS) is 11.2. The maximum Gasteiger partial charge on any atom is 0.234 e. The predicted molar refractivity (Wildman–Crippen MR) is 126 cm³/mol. The molecule has 0 aliphatic carbocycles. The molecule has 0 aliphatic rings. The lowest BCUT2D eigenvalue weighted by molar-refractivity contribution is -0.113. The van der Waals surface area contributed by atoms with Gasteiger partial charge in [0.15, 0.2) is 11.0 Å². The van der Waals surface area contributed by atoms with Crippen LogP contribution in [0.1, 0.15) is 13.8 Å². The number of nitrogens with zero attached hydrogens (tertiary/aromatic N) is 6. The van der Waals surface area contributed by atoms with Gasteiger partial charge < -0.3 is 9.88 Å². The van der Waals surface area contributed by atoms with E-state index in [4.69, 9.17) is 11.6 Å². The number of carbonyl (C=O) groups excluding carboxylic acids is 1. The Morgan fingerprint density at radius 1 is 1.21 bits per heavy atom. The second-order valence-electron chi connectivity index (χ2n) is 7.63. The van der Waals surface area contributed by atoms with Crippen molar-refractivity contribution in [3.8, 4) is 17.1 Å². The average molecular weight is 486 g/mol. The second kappa shape index (κ2) is 10.1. The Morgan fingerprint density at radius 2 is 2.03 bits per heavy atom. The van der Waals surface area contributed by atoms with Crippen LogP contribution in [0.4, 0.5) is 10.1 Å². The largest absolute Gasteiger partial charge is 0.323 e. The number of hydrogen-bond donors (Lipinski definition) is 1. The number of thioether (sulfide) groups is 1. The van der Waals surface area contributed by atoms with E-state index in [2.05, 4.69) is 39.4 Å². The molecule has 0 fully saturated rings. The Labute approximate surface area is 199 Å². The van der Waals surface area contributed by atoms with Gasteiger partial charge in [-0.15, -0.1) is 10.2 Å². The molecule has 11 heteroatoms. The van der Waals surface area contributed by atoms with Crippen molar-refractivity contribution in [2.75, 3.05) is 11.1 Å². The van der Waals surface area contributed by atoms with Gasteiger partial charge in [-0.3, -0.25) is 4.79 Å². The molecular weight excluding hydrogens is 465 g/mol. The van der Waals surface area contributed by atoms with Crippen LogP contribution in [0.2, 0.25) is 5.02 Å². The first kappa shape index (κ1) is 22.9. The number of halogens is 2. The molecule has 33 heavy (non-hydrogen) atoms. The standard InChI is InChI=1S/C22H21ClFN7OS/c1-14(2)10-30-21(16-5-3-4-6-17(16)24)28-29-22(30)33-11-20(32)27-18-9-15(23)7-8-19(18)31-13-25-12-26-31/h3-9,12-14H,10-11H2,1-2H3,(H,27,32). The van der Waals surface area contributed by atoms with Crippen LogP contribution in [0.5, 0.6) is 0 Å². The van der Waals surface area contributed by atoms with Crippen molar-refractivity contribution in [3.05, 3.63) is 66.0 Å². The zero-order valence-electron chi connectivity index (χ0n) is 17.9. The monoisotopic (exact) mass is 485 g/mol. The van der Waals surface area contributed by atoms with Gasteiger partial charge in [0.25, 0.3) is 0 Å². The van der Waals surface area contributed by atoms with E-state index >= 15 is 0 Å². The average Bonchev–Trinajstić information content (AvgIpc) is 3.43. The molecule has 170 valence electrons. The second-order valence-corrected chi connectivity index (χ2v) is 9.01. The molecule has 0 unspecified atom stereocenters. The highest BCUT2D eigenvalue weighted by atomic mass is 35.5. The minimum absolute atomic E-state index is 0.0802. The molecule has 0 saturated heterocycles. The van der Waals surface area contributed by atoms with Crippen molar-refractivity contribution in [1.82, 2.24) is 29.5 Å². The number of amides is 1. The fourth-order valence-electron chi connectivity index (χ4n) is 3.22. The van der Waals surface area contributed by atoms with Gasteiger partial charge in [-0.25, -0.2) is 14.1 Å². The zero-order valence-corrected chi connectivity index (χ0v) is 19.5. The molecule has 8 nitrogen and oxygen atoms in total. The Morgan fingerprint density at radius 3 is 2.76 bits per heavy atom. The molecular formula is C22H21ClFN7OS. The van der Waals surface area contributed by atoms with Gasteiger partial charge in [-0.2, -0.15) is 5.10 Å². The van der Waals surface area contributed by atoms with Crippen LogP contribution < -0.4 is 5.32 Å². The third-order valence-corrected chi connectivity index (χ3v) is 5.81. The molecule has 0 bridgehead atoms. The quantitative estimate of drug-likeness (QED) is 0.364. The van der Waals surface area contributed by atoms with Gasteiger partial charge >= 0.3 is 0 Å². The third-order valence-electron chi connectivity index (χ3n) is 4.61. The number of rotatable bonds is 8. The SMILES string of the molecule is CC(C)Cn1c(SCC(=O)Nc2cc(Cl)ccc2-n2cncn2)nnc1-c1ccccc1F. The summed E-state index contributed by atoms with van der Waals surface area (Å²) in [5.41, 5.74) is 1.52. The molecule has 0 aliphatic heterocycles. The van der Waals surface area contributed by atoms with Crippen LogP contribution in [0, 0.1) is 11.7 Å². The number of aromatic nitrogens is 6. The summed E-state index contributed by atoms with van der Waals surface area (Å²) in [6, 6.07) is 11.6. The van der Waals surface area contributed by atoms with E-state index in [0.29, 0.717) is 39.5 Å². The Bertz CT molecular complexity index is 1260. The summed E-state index contributed by atoms with van der Waals surface area (Å²) in [6.07, 6.45) is 2.94. The summed E-state index contributed by atoms with van der Waals surface area (Å²) >= 11 is 7.36. The highest BCUT2D eigenvalue weighted by Crippen LogP contribution is 2.28. The number of nitrogens with one attached hydrogen (secondary N) is 1.